The van der Waals surface area contributed by atoms with Crippen LogP contribution >= 0.6 is 27.3 Å². The molecule has 98 valence electrons. The van der Waals surface area contributed by atoms with E-state index in [4.69, 9.17) is 0 Å². The first-order valence-electron chi connectivity index (χ1n) is 5.04. The average Bonchev–Trinajstić information content (AvgIpc) is 2.83. The summed E-state index contributed by atoms with van der Waals surface area (Å²) in [5.74, 6) is -2.14. The van der Waals surface area contributed by atoms with E-state index in [9.17, 15) is 14.0 Å². The summed E-state index contributed by atoms with van der Waals surface area (Å²) in [6.07, 6.45) is 1.23. The van der Waals surface area contributed by atoms with Crippen molar-refractivity contribution in [2.45, 2.75) is 0 Å². The van der Waals surface area contributed by atoms with Crippen LogP contribution in [-0.4, -0.2) is 16.8 Å². The van der Waals surface area contributed by atoms with Gasteiger partial charge in [0.25, 0.3) is 11.8 Å². The van der Waals surface area contributed by atoms with Gasteiger partial charge in [-0.1, -0.05) is 0 Å². The molecule has 5 nitrogen and oxygen atoms in total. The third kappa shape index (κ3) is 3.36. The Morgan fingerprint density at radius 1 is 1.21 bits per heavy atom. The van der Waals surface area contributed by atoms with E-state index in [0.29, 0.717) is 4.88 Å². The van der Waals surface area contributed by atoms with Gasteiger partial charge in [-0.25, -0.2) is 4.98 Å². The number of halogens is 2. The molecule has 0 bridgehead atoms. The van der Waals surface area contributed by atoms with Gasteiger partial charge in [0, 0.05) is 6.20 Å². The second-order valence-corrected chi connectivity index (χ2v) is 5.82. The monoisotopic (exact) mass is 343 g/mol. The number of nitrogens with zero attached hydrogens (tertiary/aromatic N) is 1. The number of hydrogen-bond acceptors (Lipinski definition) is 4. The fourth-order valence-corrected chi connectivity index (χ4v) is 2.52. The quantitative estimate of drug-likeness (QED) is 0.648. The molecule has 0 saturated carbocycles. The maximum atomic E-state index is 13.2. The summed E-state index contributed by atoms with van der Waals surface area (Å²) < 4.78 is 14.0. The van der Waals surface area contributed by atoms with Crippen LogP contribution in [0.15, 0.2) is 34.2 Å². The van der Waals surface area contributed by atoms with Crippen molar-refractivity contribution in [3.8, 4) is 0 Å². The summed E-state index contributed by atoms with van der Waals surface area (Å²) >= 11 is 4.43. The highest BCUT2D eigenvalue weighted by atomic mass is 79.9. The van der Waals surface area contributed by atoms with Gasteiger partial charge in [-0.2, -0.15) is 4.39 Å². The van der Waals surface area contributed by atoms with Gasteiger partial charge in [-0.05, 0) is 40.2 Å². The summed E-state index contributed by atoms with van der Waals surface area (Å²) in [6, 6.07) is 6.00. The number of hydrogen-bond donors (Lipinski definition) is 2. The molecule has 0 fully saturated rings. The van der Waals surface area contributed by atoms with Crippen molar-refractivity contribution in [2.75, 3.05) is 0 Å². The Morgan fingerprint density at radius 2 is 1.95 bits per heavy atom. The van der Waals surface area contributed by atoms with Crippen molar-refractivity contribution in [3.05, 3.63) is 50.6 Å². The molecule has 2 aromatic heterocycles. The fourth-order valence-electron chi connectivity index (χ4n) is 1.23. The van der Waals surface area contributed by atoms with Crippen LogP contribution in [0, 0.1) is 5.95 Å². The molecular formula is C11H7BrFN3O2S. The van der Waals surface area contributed by atoms with Crippen LogP contribution in [0.3, 0.4) is 0 Å². The average molecular weight is 344 g/mol. The van der Waals surface area contributed by atoms with Crippen LogP contribution in [-0.2, 0) is 0 Å². The van der Waals surface area contributed by atoms with E-state index in [-0.39, 0.29) is 5.56 Å². The molecule has 2 rings (SSSR count). The number of carbonyl (C=O) groups excluding carboxylic acids is 2. The Hall–Kier alpha value is -1.80. The maximum Gasteiger partial charge on any atom is 0.279 e. The van der Waals surface area contributed by atoms with Crippen molar-refractivity contribution >= 4 is 39.1 Å². The van der Waals surface area contributed by atoms with E-state index >= 15 is 0 Å². The van der Waals surface area contributed by atoms with Crippen molar-refractivity contribution < 1.29 is 14.0 Å². The molecule has 0 saturated heterocycles. The lowest BCUT2D eigenvalue weighted by Crippen LogP contribution is -2.41. The number of rotatable bonds is 2. The minimum Gasteiger partial charge on any atom is -0.267 e. The minimum absolute atomic E-state index is 0.241. The van der Waals surface area contributed by atoms with E-state index in [1.807, 2.05) is 0 Å². The highest BCUT2D eigenvalue weighted by Gasteiger charge is 2.14. The molecule has 0 radical (unpaired) electrons. The smallest absolute Gasteiger partial charge is 0.267 e. The summed E-state index contributed by atoms with van der Waals surface area (Å²) in [5.41, 5.74) is 4.07. The molecule has 0 atom stereocenters. The first-order chi connectivity index (χ1) is 9.08. The molecule has 0 aliphatic heterocycles. The van der Waals surface area contributed by atoms with Crippen LogP contribution in [0.25, 0.3) is 0 Å². The van der Waals surface area contributed by atoms with E-state index in [0.717, 1.165) is 3.79 Å². The Balaban J connectivity index is 1.98. The second-order valence-electron chi connectivity index (χ2n) is 3.35. The van der Waals surface area contributed by atoms with Crippen molar-refractivity contribution in [1.82, 2.24) is 15.8 Å². The fraction of sp³-hybridized carbons (Fsp3) is 0. The molecule has 0 aromatic carbocycles. The van der Waals surface area contributed by atoms with Crippen LogP contribution in [0.1, 0.15) is 20.0 Å². The Bertz CT molecular complexity index is 632. The summed E-state index contributed by atoms with van der Waals surface area (Å²) in [4.78, 5) is 27.0. The molecular weight excluding hydrogens is 337 g/mol. The summed E-state index contributed by atoms with van der Waals surface area (Å²) in [6.45, 7) is 0. The molecule has 0 aliphatic rings. The van der Waals surface area contributed by atoms with Crippen LogP contribution < -0.4 is 10.9 Å². The third-order valence-electron chi connectivity index (χ3n) is 2.09. The minimum atomic E-state index is -0.895. The van der Waals surface area contributed by atoms with Crippen molar-refractivity contribution in [2.24, 2.45) is 0 Å². The van der Waals surface area contributed by atoms with E-state index in [1.54, 1.807) is 12.1 Å². The highest BCUT2D eigenvalue weighted by molar-refractivity contribution is 9.11. The number of pyridine rings is 1. The van der Waals surface area contributed by atoms with E-state index in [1.165, 1.54) is 29.7 Å². The van der Waals surface area contributed by atoms with Crippen LogP contribution in [0.4, 0.5) is 4.39 Å². The molecule has 8 heteroatoms. The molecule has 2 N–H and O–H groups in total. The topological polar surface area (TPSA) is 71.1 Å². The SMILES string of the molecule is O=C(NNC(=O)c1cccnc1F)c1ccc(Br)s1. The lowest BCUT2D eigenvalue weighted by molar-refractivity contribution is 0.0846. The zero-order valence-corrected chi connectivity index (χ0v) is 11.7. The van der Waals surface area contributed by atoms with Gasteiger partial charge in [0.05, 0.1) is 14.2 Å². The molecule has 2 aromatic rings. The lowest BCUT2D eigenvalue weighted by atomic mass is 10.3. The first kappa shape index (κ1) is 13.6. The second kappa shape index (κ2) is 5.89. The number of nitrogens with one attached hydrogen (secondary N) is 2. The molecule has 0 aliphatic carbocycles. The Morgan fingerprint density at radius 3 is 2.58 bits per heavy atom. The normalized spacial score (nSPS) is 10.0. The Kier molecular flexibility index (Phi) is 4.23. The van der Waals surface area contributed by atoms with Gasteiger partial charge in [-0.15, -0.1) is 11.3 Å². The van der Waals surface area contributed by atoms with Gasteiger partial charge in [-0.3, -0.25) is 20.4 Å². The van der Waals surface area contributed by atoms with Gasteiger partial charge in [0.1, 0.15) is 0 Å². The zero-order chi connectivity index (χ0) is 13.8. The summed E-state index contributed by atoms with van der Waals surface area (Å²) in [7, 11) is 0. The molecule has 0 spiro atoms. The van der Waals surface area contributed by atoms with Crippen LogP contribution in [0.5, 0.6) is 0 Å². The van der Waals surface area contributed by atoms with Gasteiger partial charge in [0.2, 0.25) is 5.95 Å². The predicted molar refractivity (Wildman–Crippen MR) is 71.1 cm³/mol. The predicted octanol–water partition coefficient (Wildman–Crippen LogP) is 2.12. The summed E-state index contributed by atoms with van der Waals surface area (Å²) in [5, 5.41) is 0. The number of carbonyl (C=O) groups is 2. The van der Waals surface area contributed by atoms with Crippen molar-refractivity contribution in [3.63, 3.8) is 0 Å². The van der Waals surface area contributed by atoms with Crippen LogP contribution in [0.2, 0.25) is 0 Å². The molecule has 2 heterocycles. The van der Waals surface area contributed by atoms with Gasteiger partial charge >= 0.3 is 0 Å². The van der Waals surface area contributed by atoms with Crippen molar-refractivity contribution in [1.29, 1.82) is 0 Å². The molecule has 0 unspecified atom stereocenters. The number of hydrazine groups is 1. The largest absolute Gasteiger partial charge is 0.279 e. The third-order valence-corrected chi connectivity index (χ3v) is 3.71. The number of aromatic nitrogens is 1. The van der Waals surface area contributed by atoms with Gasteiger partial charge in [0.15, 0.2) is 0 Å². The standard InChI is InChI=1S/C11H7BrFN3O2S/c12-8-4-3-7(19-8)11(18)16-15-10(17)6-2-1-5-14-9(6)13/h1-5H,(H,15,17)(H,16,18). The van der Waals surface area contributed by atoms with Gasteiger partial charge < -0.3 is 0 Å². The number of thiophene rings is 1. The first-order valence-corrected chi connectivity index (χ1v) is 6.65. The van der Waals surface area contributed by atoms with E-state index in [2.05, 4.69) is 31.8 Å². The number of amides is 2. The molecule has 19 heavy (non-hydrogen) atoms. The Labute approximate surface area is 120 Å². The highest BCUT2D eigenvalue weighted by Crippen LogP contribution is 2.21. The molecule has 2 amide bonds. The van der Waals surface area contributed by atoms with E-state index < -0.39 is 17.8 Å². The zero-order valence-electron chi connectivity index (χ0n) is 9.31. The maximum absolute atomic E-state index is 13.2. The lowest BCUT2D eigenvalue weighted by Gasteiger charge is -2.06.